The Morgan fingerprint density at radius 1 is 1.17 bits per heavy atom. The van der Waals surface area contributed by atoms with E-state index in [2.05, 4.69) is 0 Å². The third-order valence-corrected chi connectivity index (χ3v) is 5.24. The molecule has 0 unspecified atom stereocenters. The van der Waals surface area contributed by atoms with Gasteiger partial charge in [-0.25, -0.2) is 0 Å². The van der Waals surface area contributed by atoms with Crippen LogP contribution in [0.15, 0.2) is 42.0 Å². The van der Waals surface area contributed by atoms with Gasteiger partial charge in [0.1, 0.15) is 6.10 Å². The Morgan fingerprint density at radius 3 is 2.75 bits per heavy atom. The fraction of sp³-hybridized carbons (Fsp3) is 0.474. The lowest BCUT2D eigenvalue weighted by Crippen LogP contribution is -2.34. The fourth-order valence-electron chi connectivity index (χ4n) is 3.99. The first-order valence-electron chi connectivity index (χ1n) is 8.37. The molecule has 1 aliphatic carbocycles. The van der Waals surface area contributed by atoms with E-state index in [4.69, 9.17) is 14.2 Å². The number of allylic oxidation sites excluding steroid dienone is 1. The Labute approximate surface area is 140 Å². The van der Waals surface area contributed by atoms with E-state index >= 15 is 0 Å². The Morgan fingerprint density at radius 2 is 1.96 bits per heavy atom. The van der Waals surface area contributed by atoms with Gasteiger partial charge in [0.05, 0.1) is 31.2 Å². The molecule has 0 spiro atoms. The van der Waals surface area contributed by atoms with Crippen LogP contribution in [-0.4, -0.2) is 30.8 Å². The SMILES string of the molecule is C[C@H](OCc1ccccc1)[C@H]1OC[C@H]2C1=CC[C@H]1C(=O)OC(=O)[C@H]12. The molecule has 0 aromatic heterocycles. The highest BCUT2D eigenvalue weighted by atomic mass is 16.6. The second-order valence-electron chi connectivity index (χ2n) is 6.67. The van der Waals surface area contributed by atoms with Crippen molar-refractivity contribution in [3.05, 3.63) is 47.5 Å². The monoisotopic (exact) mass is 328 g/mol. The van der Waals surface area contributed by atoms with Gasteiger partial charge >= 0.3 is 11.9 Å². The van der Waals surface area contributed by atoms with Crippen LogP contribution in [0.2, 0.25) is 0 Å². The molecule has 2 saturated heterocycles. The number of rotatable bonds is 4. The van der Waals surface area contributed by atoms with Crippen molar-refractivity contribution in [3.63, 3.8) is 0 Å². The van der Waals surface area contributed by atoms with E-state index in [1.54, 1.807) is 0 Å². The molecular formula is C19H20O5. The molecule has 5 heteroatoms. The number of benzene rings is 1. The maximum atomic E-state index is 12.0. The van der Waals surface area contributed by atoms with Gasteiger partial charge in [0.15, 0.2) is 0 Å². The van der Waals surface area contributed by atoms with Crippen molar-refractivity contribution < 1.29 is 23.8 Å². The summed E-state index contributed by atoms with van der Waals surface area (Å²) in [5, 5.41) is 0. The van der Waals surface area contributed by atoms with Crippen LogP contribution < -0.4 is 0 Å². The molecule has 0 amide bonds. The Hall–Kier alpha value is -1.98. The number of cyclic esters (lactones) is 2. The summed E-state index contributed by atoms with van der Waals surface area (Å²) in [5.41, 5.74) is 2.20. The number of hydrogen-bond acceptors (Lipinski definition) is 5. The standard InChI is InChI=1S/C19H20O5/c1-11(22-9-12-5-3-2-4-6-12)17-13-7-8-14-16(15(13)10-23-17)19(21)24-18(14)20/h2-7,11,14-17H,8-10H2,1H3/t11-,14+,15-,16+,17+/m0/s1. The Balaban J connectivity index is 1.45. The van der Waals surface area contributed by atoms with Crippen LogP contribution in [0.3, 0.4) is 0 Å². The zero-order valence-electron chi connectivity index (χ0n) is 13.5. The summed E-state index contributed by atoms with van der Waals surface area (Å²) in [4.78, 5) is 23.7. The average molecular weight is 328 g/mol. The third-order valence-electron chi connectivity index (χ3n) is 5.24. The minimum atomic E-state index is -0.400. The summed E-state index contributed by atoms with van der Waals surface area (Å²) < 4.78 is 16.7. The second kappa shape index (κ2) is 6.15. The quantitative estimate of drug-likeness (QED) is 0.482. The van der Waals surface area contributed by atoms with Crippen molar-refractivity contribution in [2.45, 2.75) is 32.2 Å². The molecular weight excluding hydrogens is 308 g/mol. The largest absolute Gasteiger partial charge is 0.393 e. The number of carbonyl (C=O) groups excluding carboxylic acids is 2. The molecule has 2 aliphatic heterocycles. The van der Waals surface area contributed by atoms with Gasteiger partial charge in [0.25, 0.3) is 0 Å². The smallest absolute Gasteiger partial charge is 0.318 e. The second-order valence-corrected chi connectivity index (χ2v) is 6.67. The van der Waals surface area contributed by atoms with Crippen molar-refractivity contribution in [1.82, 2.24) is 0 Å². The van der Waals surface area contributed by atoms with Crippen LogP contribution in [0.1, 0.15) is 18.9 Å². The molecule has 0 N–H and O–H groups in total. The predicted molar refractivity (Wildman–Crippen MR) is 84.7 cm³/mol. The summed E-state index contributed by atoms with van der Waals surface area (Å²) in [6, 6.07) is 9.99. The lowest BCUT2D eigenvalue weighted by molar-refractivity contribution is -0.154. The Kier molecular flexibility index (Phi) is 3.98. The molecule has 0 radical (unpaired) electrons. The molecule has 5 atom stereocenters. The third kappa shape index (κ3) is 2.58. The molecule has 3 aliphatic rings. The maximum Gasteiger partial charge on any atom is 0.318 e. The zero-order valence-corrected chi connectivity index (χ0v) is 13.5. The van der Waals surface area contributed by atoms with Gasteiger partial charge in [-0.15, -0.1) is 0 Å². The maximum absolute atomic E-state index is 12.0. The average Bonchev–Trinajstić information content (AvgIpc) is 3.15. The molecule has 4 rings (SSSR count). The molecule has 2 heterocycles. The first-order valence-corrected chi connectivity index (χ1v) is 8.37. The van der Waals surface area contributed by atoms with Crippen LogP contribution in [0.5, 0.6) is 0 Å². The first-order chi connectivity index (χ1) is 11.6. The van der Waals surface area contributed by atoms with Crippen LogP contribution in [0.4, 0.5) is 0 Å². The number of ether oxygens (including phenoxy) is 3. The van der Waals surface area contributed by atoms with E-state index in [1.165, 1.54) is 0 Å². The lowest BCUT2D eigenvalue weighted by atomic mass is 9.73. The summed E-state index contributed by atoms with van der Waals surface area (Å²) in [6.07, 6.45) is 2.31. The van der Waals surface area contributed by atoms with Crippen LogP contribution >= 0.6 is 0 Å². The number of hydrogen-bond donors (Lipinski definition) is 0. The van der Waals surface area contributed by atoms with Gasteiger partial charge < -0.3 is 14.2 Å². The summed E-state index contributed by atoms with van der Waals surface area (Å²) >= 11 is 0. The van der Waals surface area contributed by atoms with Gasteiger partial charge in [0, 0.05) is 5.92 Å². The molecule has 0 saturated carbocycles. The van der Waals surface area contributed by atoms with E-state index in [0.717, 1.165) is 11.1 Å². The van der Waals surface area contributed by atoms with E-state index in [9.17, 15) is 9.59 Å². The molecule has 1 aromatic rings. The molecule has 5 nitrogen and oxygen atoms in total. The Bertz CT molecular complexity index is 680. The number of carbonyl (C=O) groups is 2. The predicted octanol–water partition coefficient (Wildman–Crippen LogP) is 2.25. The first kappa shape index (κ1) is 15.5. The highest BCUT2D eigenvalue weighted by molar-refractivity contribution is 5.97. The summed E-state index contributed by atoms with van der Waals surface area (Å²) in [5.74, 6) is -1.58. The molecule has 126 valence electrons. The van der Waals surface area contributed by atoms with Crippen LogP contribution in [0.25, 0.3) is 0 Å². The summed E-state index contributed by atoms with van der Waals surface area (Å²) in [6.45, 7) is 2.95. The van der Waals surface area contributed by atoms with Gasteiger partial charge in [-0.3, -0.25) is 9.59 Å². The van der Waals surface area contributed by atoms with Gasteiger partial charge in [-0.1, -0.05) is 36.4 Å². The van der Waals surface area contributed by atoms with Gasteiger partial charge in [-0.05, 0) is 24.5 Å². The molecule has 2 fully saturated rings. The number of esters is 2. The fourth-order valence-corrected chi connectivity index (χ4v) is 3.99. The normalized spacial score (nSPS) is 32.8. The van der Waals surface area contributed by atoms with Crippen molar-refractivity contribution in [1.29, 1.82) is 0 Å². The number of fused-ring (bicyclic) bond motifs is 3. The van der Waals surface area contributed by atoms with E-state index in [0.29, 0.717) is 19.6 Å². The lowest BCUT2D eigenvalue weighted by Gasteiger charge is -2.27. The van der Waals surface area contributed by atoms with Crippen molar-refractivity contribution in [3.8, 4) is 0 Å². The molecule has 0 bridgehead atoms. The van der Waals surface area contributed by atoms with Crippen molar-refractivity contribution in [2.75, 3.05) is 6.61 Å². The minimum absolute atomic E-state index is 0.0597. The van der Waals surface area contributed by atoms with Gasteiger partial charge in [-0.2, -0.15) is 0 Å². The topological polar surface area (TPSA) is 61.8 Å². The zero-order chi connectivity index (χ0) is 16.7. The van der Waals surface area contributed by atoms with Gasteiger partial charge in [0.2, 0.25) is 0 Å². The minimum Gasteiger partial charge on any atom is -0.393 e. The van der Waals surface area contributed by atoms with Crippen LogP contribution in [-0.2, 0) is 30.4 Å². The summed E-state index contributed by atoms with van der Waals surface area (Å²) in [7, 11) is 0. The highest BCUT2D eigenvalue weighted by Gasteiger charge is 2.54. The molecule has 24 heavy (non-hydrogen) atoms. The van der Waals surface area contributed by atoms with Crippen molar-refractivity contribution >= 4 is 11.9 Å². The molecule has 1 aromatic carbocycles. The van der Waals surface area contributed by atoms with Crippen molar-refractivity contribution in [2.24, 2.45) is 17.8 Å². The highest BCUT2D eigenvalue weighted by Crippen LogP contribution is 2.46. The van der Waals surface area contributed by atoms with E-state index in [1.807, 2.05) is 43.3 Å². The van der Waals surface area contributed by atoms with E-state index < -0.39 is 11.9 Å². The van der Waals surface area contributed by atoms with Crippen LogP contribution in [0, 0.1) is 17.8 Å². The van der Waals surface area contributed by atoms with E-state index in [-0.39, 0.29) is 30.0 Å².